The summed E-state index contributed by atoms with van der Waals surface area (Å²) in [5.74, 6) is -0.479. The van der Waals surface area contributed by atoms with Crippen molar-refractivity contribution >= 4 is 28.8 Å². The molecule has 0 aliphatic carbocycles. The van der Waals surface area contributed by atoms with Crippen LogP contribution >= 0.6 is 0 Å². The Morgan fingerprint density at radius 1 is 1.00 bits per heavy atom. The predicted octanol–water partition coefficient (Wildman–Crippen LogP) is 2.68. The van der Waals surface area contributed by atoms with Crippen LogP contribution in [-0.4, -0.2) is 38.7 Å². The first kappa shape index (κ1) is 18.9. The summed E-state index contributed by atoms with van der Waals surface area (Å²) in [4.78, 5) is 43.5. The molecular weight excluding hydrogens is 368 g/mol. The van der Waals surface area contributed by atoms with Gasteiger partial charge in [0.1, 0.15) is 12.4 Å². The largest absolute Gasteiger partial charge is 0.344 e. The van der Waals surface area contributed by atoms with Gasteiger partial charge in [0.15, 0.2) is 0 Å². The maximum absolute atomic E-state index is 12.8. The third-order valence-corrected chi connectivity index (χ3v) is 5.26. The molecule has 2 heterocycles. The van der Waals surface area contributed by atoms with Gasteiger partial charge in [-0.2, -0.15) is 0 Å². The predicted molar refractivity (Wildman–Crippen MR) is 108 cm³/mol. The molecule has 0 spiro atoms. The van der Waals surface area contributed by atoms with E-state index in [1.807, 2.05) is 49.7 Å². The summed E-state index contributed by atoms with van der Waals surface area (Å²) in [7, 11) is 1.91. The van der Waals surface area contributed by atoms with E-state index in [0.29, 0.717) is 11.1 Å². The monoisotopic (exact) mass is 390 g/mol. The van der Waals surface area contributed by atoms with Crippen molar-refractivity contribution in [3.63, 3.8) is 0 Å². The molecule has 0 unspecified atom stereocenters. The SMILES string of the molecule is CC(C)[C@@H](NC(=O)CN1C(=O)c2ccccc2C1=O)c1nc2ccccc2n1C. The fourth-order valence-corrected chi connectivity index (χ4v) is 3.72. The fraction of sp³-hybridized carbons (Fsp3) is 0.273. The summed E-state index contributed by atoms with van der Waals surface area (Å²) < 4.78 is 1.96. The Morgan fingerprint density at radius 2 is 1.59 bits per heavy atom. The smallest absolute Gasteiger partial charge is 0.262 e. The van der Waals surface area contributed by atoms with Crippen molar-refractivity contribution < 1.29 is 14.4 Å². The second-order valence-corrected chi connectivity index (χ2v) is 7.55. The van der Waals surface area contributed by atoms with Gasteiger partial charge < -0.3 is 9.88 Å². The molecule has 7 nitrogen and oxygen atoms in total. The molecule has 29 heavy (non-hydrogen) atoms. The van der Waals surface area contributed by atoms with Crippen LogP contribution in [0.15, 0.2) is 48.5 Å². The highest BCUT2D eigenvalue weighted by Crippen LogP contribution is 2.26. The normalized spacial score (nSPS) is 14.6. The summed E-state index contributed by atoms with van der Waals surface area (Å²) in [5, 5.41) is 2.96. The van der Waals surface area contributed by atoms with Crippen molar-refractivity contribution in [3.8, 4) is 0 Å². The van der Waals surface area contributed by atoms with Crippen LogP contribution in [-0.2, 0) is 11.8 Å². The van der Waals surface area contributed by atoms with Crippen LogP contribution in [0.25, 0.3) is 11.0 Å². The Balaban J connectivity index is 1.55. The number of para-hydroxylation sites is 2. The zero-order valence-electron chi connectivity index (χ0n) is 16.5. The van der Waals surface area contributed by atoms with Crippen molar-refractivity contribution in [2.45, 2.75) is 19.9 Å². The highest BCUT2D eigenvalue weighted by atomic mass is 16.2. The number of rotatable bonds is 5. The van der Waals surface area contributed by atoms with Crippen molar-refractivity contribution in [1.29, 1.82) is 0 Å². The first-order valence-corrected chi connectivity index (χ1v) is 9.54. The molecular formula is C22H22N4O3. The summed E-state index contributed by atoms with van der Waals surface area (Å²) in [5.41, 5.74) is 2.50. The number of imidazole rings is 1. The Morgan fingerprint density at radius 3 is 2.17 bits per heavy atom. The summed E-state index contributed by atoms with van der Waals surface area (Å²) in [6.07, 6.45) is 0. The molecule has 0 bridgehead atoms. The van der Waals surface area contributed by atoms with Gasteiger partial charge in [0, 0.05) is 7.05 Å². The quantitative estimate of drug-likeness (QED) is 0.679. The Hall–Kier alpha value is -3.48. The molecule has 7 heteroatoms. The molecule has 4 rings (SSSR count). The van der Waals surface area contributed by atoms with Crippen LogP contribution in [0.5, 0.6) is 0 Å². The molecule has 0 saturated carbocycles. The molecule has 1 atom stereocenters. The highest BCUT2D eigenvalue weighted by Gasteiger charge is 2.36. The number of hydrogen-bond acceptors (Lipinski definition) is 4. The van der Waals surface area contributed by atoms with Gasteiger partial charge in [0.25, 0.3) is 11.8 Å². The topological polar surface area (TPSA) is 84.3 Å². The lowest BCUT2D eigenvalue weighted by molar-refractivity contribution is -0.122. The summed E-state index contributed by atoms with van der Waals surface area (Å²) in [6, 6.07) is 14.0. The number of amides is 3. The highest BCUT2D eigenvalue weighted by molar-refractivity contribution is 6.22. The van der Waals surface area contributed by atoms with Crippen molar-refractivity contribution in [2.75, 3.05) is 6.54 Å². The third-order valence-electron chi connectivity index (χ3n) is 5.26. The molecule has 148 valence electrons. The van der Waals surface area contributed by atoms with E-state index in [1.54, 1.807) is 24.3 Å². The lowest BCUT2D eigenvalue weighted by Gasteiger charge is -2.23. The van der Waals surface area contributed by atoms with Gasteiger partial charge in [-0.05, 0) is 30.2 Å². The lowest BCUT2D eigenvalue weighted by atomic mass is 10.0. The minimum atomic E-state index is -0.440. The van der Waals surface area contributed by atoms with Crippen LogP contribution in [0.4, 0.5) is 0 Å². The van der Waals surface area contributed by atoms with Gasteiger partial charge in [-0.15, -0.1) is 0 Å². The van der Waals surface area contributed by atoms with E-state index < -0.39 is 17.7 Å². The average Bonchev–Trinajstić information content (AvgIpc) is 3.16. The molecule has 0 saturated heterocycles. The maximum Gasteiger partial charge on any atom is 0.262 e. The van der Waals surface area contributed by atoms with Gasteiger partial charge in [-0.1, -0.05) is 38.1 Å². The minimum absolute atomic E-state index is 0.0663. The first-order chi connectivity index (χ1) is 13.9. The van der Waals surface area contributed by atoms with Crippen LogP contribution < -0.4 is 5.32 Å². The summed E-state index contributed by atoms with van der Waals surface area (Å²) >= 11 is 0. The number of aromatic nitrogens is 2. The van der Waals surface area contributed by atoms with E-state index in [9.17, 15) is 14.4 Å². The number of benzene rings is 2. The number of nitrogens with one attached hydrogen (secondary N) is 1. The molecule has 3 amide bonds. The number of carbonyl (C=O) groups excluding carboxylic acids is 3. The van der Waals surface area contributed by atoms with E-state index in [2.05, 4.69) is 10.3 Å². The number of nitrogens with zero attached hydrogens (tertiary/aromatic N) is 3. The Bertz CT molecular complexity index is 1100. The molecule has 1 aliphatic heterocycles. The molecule has 1 aliphatic rings. The molecule has 0 radical (unpaired) electrons. The third kappa shape index (κ3) is 3.18. The van der Waals surface area contributed by atoms with Crippen molar-refractivity contribution in [2.24, 2.45) is 13.0 Å². The minimum Gasteiger partial charge on any atom is -0.344 e. The van der Waals surface area contributed by atoms with E-state index in [-0.39, 0.29) is 18.5 Å². The first-order valence-electron chi connectivity index (χ1n) is 9.54. The van der Waals surface area contributed by atoms with Crippen LogP contribution in [0, 0.1) is 5.92 Å². The van der Waals surface area contributed by atoms with Gasteiger partial charge in [-0.3, -0.25) is 19.3 Å². The number of aryl methyl sites for hydroxylation is 1. The molecule has 2 aromatic carbocycles. The van der Waals surface area contributed by atoms with Gasteiger partial charge in [0.2, 0.25) is 5.91 Å². The van der Waals surface area contributed by atoms with Crippen LogP contribution in [0.1, 0.15) is 46.4 Å². The molecule has 0 fully saturated rings. The van der Waals surface area contributed by atoms with Crippen molar-refractivity contribution in [3.05, 3.63) is 65.5 Å². The summed E-state index contributed by atoms with van der Waals surface area (Å²) in [6.45, 7) is 3.66. The average molecular weight is 390 g/mol. The standard InChI is InChI=1S/C22H22N4O3/c1-13(2)19(20-23-16-10-6-7-11-17(16)25(20)3)24-18(27)12-26-21(28)14-8-4-5-9-15(14)22(26)29/h4-11,13,19H,12H2,1-3H3,(H,24,27)/t19-/m1/s1. The van der Waals surface area contributed by atoms with E-state index in [1.165, 1.54) is 0 Å². The molecule has 1 aromatic heterocycles. The van der Waals surface area contributed by atoms with E-state index in [0.717, 1.165) is 21.8 Å². The van der Waals surface area contributed by atoms with Gasteiger partial charge in [-0.25, -0.2) is 4.98 Å². The van der Waals surface area contributed by atoms with E-state index in [4.69, 9.17) is 0 Å². The zero-order valence-corrected chi connectivity index (χ0v) is 16.5. The molecule has 1 N–H and O–H groups in total. The Labute approximate surface area is 168 Å². The maximum atomic E-state index is 12.8. The molecule has 3 aromatic rings. The number of imide groups is 1. The second-order valence-electron chi connectivity index (χ2n) is 7.55. The van der Waals surface area contributed by atoms with Crippen LogP contribution in [0.3, 0.4) is 0 Å². The number of hydrogen-bond donors (Lipinski definition) is 1. The van der Waals surface area contributed by atoms with Crippen LogP contribution in [0.2, 0.25) is 0 Å². The fourth-order valence-electron chi connectivity index (χ4n) is 3.72. The zero-order chi connectivity index (χ0) is 20.7. The Kier molecular flexibility index (Phi) is 4.66. The second kappa shape index (κ2) is 7.16. The van der Waals surface area contributed by atoms with Crippen molar-refractivity contribution in [1.82, 2.24) is 19.8 Å². The number of carbonyl (C=O) groups is 3. The van der Waals surface area contributed by atoms with Gasteiger partial charge in [0.05, 0.1) is 28.2 Å². The van der Waals surface area contributed by atoms with E-state index >= 15 is 0 Å². The van der Waals surface area contributed by atoms with Gasteiger partial charge >= 0.3 is 0 Å². The lowest BCUT2D eigenvalue weighted by Crippen LogP contribution is -2.43. The number of fused-ring (bicyclic) bond motifs is 2.